The minimum Gasteiger partial charge on any atom is -0.481 e. The number of aromatic nitrogens is 1. The number of aryl methyl sites for hydroxylation is 1. The highest BCUT2D eigenvalue weighted by Crippen LogP contribution is 2.33. The van der Waals surface area contributed by atoms with Crippen molar-refractivity contribution >= 4 is 17.5 Å². The lowest BCUT2D eigenvalue weighted by Crippen LogP contribution is -2.43. The molecular formula is C13H17N3O4. The Bertz CT molecular complexity index is 551. The number of pyridine rings is 1. The van der Waals surface area contributed by atoms with Crippen LogP contribution < -0.4 is 4.90 Å². The molecule has 0 bridgehead atoms. The minimum atomic E-state index is -0.792. The van der Waals surface area contributed by atoms with Crippen molar-refractivity contribution in [3.8, 4) is 0 Å². The number of piperidine rings is 1. The van der Waals surface area contributed by atoms with Crippen molar-refractivity contribution in [3.63, 3.8) is 0 Å². The fraction of sp³-hybridized carbons (Fsp3) is 0.538. The van der Waals surface area contributed by atoms with Gasteiger partial charge in [0.05, 0.1) is 16.4 Å². The zero-order chi connectivity index (χ0) is 14.9. The first-order chi connectivity index (χ1) is 9.33. The molecule has 20 heavy (non-hydrogen) atoms. The Labute approximate surface area is 116 Å². The molecule has 1 aromatic heterocycles. The van der Waals surface area contributed by atoms with E-state index in [9.17, 15) is 20.0 Å². The van der Waals surface area contributed by atoms with Crippen LogP contribution in [0, 0.1) is 22.5 Å². The van der Waals surface area contributed by atoms with E-state index in [0.29, 0.717) is 37.3 Å². The Morgan fingerprint density at radius 1 is 1.50 bits per heavy atom. The lowest BCUT2D eigenvalue weighted by atomic mass is 9.80. The van der Waals surface area contributed by atoms with Crippen molar-refractivity contribution < 1.29 is 14.8 Å². The highest BCUT2D eigenvalue weighted by Gasteiger charge is 2.37. The summed E-state index contributed by atoms with van der Waals surface area (Å²) >= 11 is 0. The average Bonchev–Trinajstić information content (AvgIpc) is 2.40. The van der Waals surface area contributed by atoms with Gasteiger partial charge in [-0.15, -0.1) is 0 Å². The topological polar surface area (TPSA) is 96.6 Å². The summed E-state index contributed by atoms with van der Waals surface area (Å²) in [6, 6.07) is 1.46. The molecule has 7 heteroatoms. The van der Waals surface area contributed by atoms with Gasteiger partial charge in [0.25, 0.3) is 5.69 Å². The first-order valence-electron chi connectivity index (χ1n) is 6.43. The van der Waals surface area contributed by atoms with Crippen molar-refractivity contribution in [2.75, 3.05) is 18.0 Å². The fourth-order valence-corrected chi connectivity index (χ4v) is 2.32. The summed E-state index contributed by atoms with van der Waals surface area (Å²) in [5, 5.41) is 20.1. The van der Waals surface area contributed by atoms with E-state index in [1.54, 1.807) is 13.8 Å². The molecule has 7 nitrogen and oxygen atoms in total. The number of nitrogens with zero attached hydrogens (tertiary/aromatic N) is 3. The first-order valence-corrected chi connectivity index (χ1v) is 6.43. The molecule has 0 saturated carbocycles. The summed E-state index contributed by atoms with van der Waals surface area (Å²) in [7, 11) is 0. The Morgan fingerprint density at radius 3 is 2.60 bits per heavy atom. The number of anilines is 1. The Hall–Kier alpha value is -2.18. The molecule has 0 aliphatic carbocycles. The third-order valence-electron chi connectivity index (χ3n) is 3.96. The van der Waals surface area contributed by atoms with Crippen LogP contribution in [-0.2, 0) is 4.79 Å². The molecule has 108 valence electrons. The smallest absolute Gasteiger partial charge is 0.309 e. The van der Waals surface area contributed by atoms with Gasteiger partial charge in [-0.2, -0.15) is 0 Å². The minimum absolute atomic E-state index is 0.0431. The third-order valence-corrected chi connectivity index (χ3v) is 3.96. The number of carboxylic acid groups (broad SMARTS) is 1. The van der Waals surface area contributed by atoms with Crippen LogP contribution in [0.4, 0.5) is 11.5 Å². The van der Waals surface area contributed by atoms with E-state index in [2.05, 4.69) is 4.98 Å². The number of nitro groups is 1. The third kappa shape index (κ3) is 2.56. The Balaban J connectivity index is 2.17. The molecule has 0 atom stereocenters. The summed E-state index contributed by atoms with van der Waals surface area (Å²) in [4.78, 5) is 27.8. The number of rotatable bonds is 3. The van der Waals surface area contributed by atoms with Gasteiger partial charge in [-0.05, 0) is 26.7 Å². The Morgan fingerprint density at radius 2 is 2.10 bits per heavy atom. The maximum Gasteiger partial charge on any atom is 0.309 e. The molecule has 1 saturated heterocycles. The van der Waals surface area contributed by atoms with E-state index in [4.69, 9.17) is 0 Å². The number of carboxylic acids is 1. The van der Waals surface area contributed by atoms with Gasteiger partial charge in [0, 0.05) is 24.8 Å². The van der Waals surface area contributed by atoms with Crippen LogP contribution >= 0.6 is 0 Å². The summed E-state index contributed by atoms with van der Waals surface area (Å²) in [5.74, 6) is -0.255. The number of hydrogen-bond acceptors (Lipinski definition) is 5. The second kappa shape index (κ2) is 5.07. The predicted molar refractivity (Wildman–Crippen MR) is 72.8 cm³/mol. The van der Waals surface area contributed by atoms with E-state index < -0.39 is 16.3 Å². The van der Waals surface area contributed by atoms with E-state index in [0.717, 1.165) is 0 Å². The van der Waals surface area contributed by atoms with Crippen LogP contribution in [0.2, 0.25) is 0 Å². The van der Waals surface area contributed by atoms with Gasteiger partial charge in [-0.3, -0.25) is 14.9 Å². The zero-order valence-electron chi connectivity index (χ0n) is 11.5. The molecule has 0 amide bonds. The summed E-state index contributed by atoms with van der Waals surface area (Å²) < 4.78 is 0. The molecule has 1 aliphatic rings. The number of carbonyl (C=O) groups is 1. The van der Waals surface area contributed by atoms with Crippen LogP contribution in [0.3, 0.4) is 0 Å². The number of hydrogen-bond donors (Lipinski definition) is 1. The van der Waals surface area contributed by atoms with Crippen LogP contribution in [0.1, 0.15) is 25.3 Å². The van der Waals surface area contributed by atoms with E-state index in [1.807, 2.05) is 4.90 Å². The van der Waals surface area contributed by atoms with Crippen molar-refractivity contribution in [2.45, 2.75) is 26.7 Å². The van der Waals surface area contributed by atoms with Gasteiger partial charge in [0.1, 0.15) is 5.82 Å². The van der Waals surface area contributed by atoms with Gasteiger partial charge >= 0.3 is 5.97 Å². The second-order valence-electron chi connectivity index (χ2n) is 5.44. The summed E-state index contributed by atoms with van der Waals surface area (Å²) in [6.07, 6.45) is 2.50. The monoisotopic (exact) mass is 279 g/mol. The SMILES string of the molecule is Cc1cnc(N2CCC(C)(C(=O)O)CC2)cc1[N+](=O)[O-]. The highest BCUT2D eigenvalue weighted by molar-refractivity contribution is 5.74. The summed E-state index contributed by atoms with van der Waals surface area (Å²) in [6.45, 7) is 4.45. The van der Waals surface area contributed by atoms with Gasteiger partial charge < -0.3 is 10.0 Å². The molecule has 1 fully saturated rings. The average molecular weight is 279 g/mol. The van der Waals surface area contributed by atoms with Gasteiger partial charge in [-0.1, -0.05) is 0 Å². The Kier molecular flexibility index (Phi) is 3.61. The lowest BCUT2D eigenvalue weighted by molar-refractivity contribution is -0.385. The van der Waals surface area contributed by atoms with E-state index in [1.165, 1.54) is 12.3 Å². The molecule has 0 aromatic carbocycles. The van der Waals surface area contributed by atoms with Crippen molar-refractivity contribution in [3.05, 3.63) is 27.9 Å². The standard InChI is InChI=1S/C13H17N3O4/c1-9-8-14-11(7-10(9)16(19)20)15-5-3-13(2,4-6-15)12(17)18/h7-8H,3-6H2,1-2H3,(H,17,18). The maximum atomic E-state index is 11.2. The van der Waals surface area contributed by atoms with Crippen LogP contribution in [-0.4, -0.2) is 34.1 Å². The highest BCUT2D eigenvalue weighted by atomic mass is 16.6. The summed E-state index contributed by atoms with van der Waals surface area (Å²) in [5.41, 5.74) is -0.152. The molecule has 1 N–H and O–H groups in total. The van der Waals surface area contributed by atoms with Crippen molar-refractivity contribution in [1.82, 2.24) is 4.98 Å². The van der Waals surface area contributed by atoms with Crippen molar-refractivity contribution in [1.29, 1.82) is 0 Å². The van der Waals surface area contributed by atoms with E-state index in [-0.39, 0.29) is 5.69 Å². The molecular weight excluding hydrogens is 262 g/mol. The predicted octanol–water partition coefficient (Wildman–Crippen LogP) is 1.99. The quantitative estimate of drug-likeness (QED) is 0.671. The van der Waals surface area contributed by atoms with Crippen LogP contribution in [0.5, 0.6) is 0 Å². The molecule has 0 spiro atoms. The zero-order valence-corrected chi connectivity index (χ0v) is 11.5. The molecule has 1 aliphatic heterocycles. The second-order valence-corrected chi connectivity index (χ2v) is 5.44. The fourth-order valence-electron chi connectivity index (χ4n) is 2.32. The van der Waals surface area contributed by atoms with Gasteiger partial charge in [-0.25, -0.2) is 4.98 Å². The molecule has 0 radical (unpaired) electrons. The molecule has 2 heterocycles. The lowest BCUT2D eigenvalue weighted by Gasteiger charge is -2.37. The largest absolute Gasteiger partial charge is 0.481 e. The molecule has 1 aromatic rings. The first kappa shape index (κ1) is 14.2. The maximum absolute atomic E-state index is 11.2. The van der Waals surface area contributed by atoms with Crippen molar-refractivity contribution in [2.24, 2.45) is 5.41 Å². The normalized spacial score (nSPS) is 17.8. The van der Waals surface area contributed by atoms with Gasteiger partial charge in [0.2, 0.25) is 0 Å². The molecule has 2 rings (SSSR count). The van der Waals surface area contributed by atoms with Crippen LogP contribution in [0.15, 0.2) is 12.3 Å². The van der Waals surface area contributed by atoms with Crippen LogP contribution in [0.25, 0.3) is 0 Å². The van der Waals surface area contributed by atoms with E-state index >= 15 is 0 Å². The number of aliphatic carboxylic acids is 1. The molecule has 0 unspecified atom stereocenters. The van der Waals surface area contributed by atoms with Gasteiger partial charge in [0.15, 0.2) is 0 Å².